The second-order valence-electron chi connectivity index (χ2n) is 13.5. The Morgan fingerprint density at radius 1 is 0.534 bits per heavy atom. The average Bonchev–Trinajstić information content (AvgIpc) is 3.91. The highest BCUT2D eigenvalue weighted by Gasteiger charge is 2.80. The number of nitrogens with zero attached hydrogens (tertiary/aromatic N) is 6. The second kappa shape index (κ2) is 14.5. The van der Waals surface area contributed by atoms with E-state index >= 15 is 0 Å². The first-order valence-corrected chi connectivity index (χ1v) is 20.3. The third-order valence-corrected chi connectivity index (χ3v) is 12.6. The van der Waals surface area contributed by atoms with Gasteiger partial charge in [0.25, 0.3) is 20.0 Å². The lowest BCUT2D eigenvalue weighted by molar-refractivity contribution is -0.141. The summed E-state index contributed by atoms with van der Waals surface area (Å²) in [6.45, 7) is 2.69. The number of ether oxygens (including phenoxy) is 2. The summed E-state index contributed by atoms with van der Waals surface area (Å²) in [4.78, 5) is 48.1. The summed E-state index contributed by atoms with van der Waals surface area (Å²) >= 11 is 0. The number of fused-ring (bicyclic) bond motifs is 1. The highest BCUT2D eigenvalue weighted by molar-refractivity contribution is 7.90. The van der Waals surface area contributed by atoms with E-state index in [1.165, 1.54) is 74.8 Å². The third-order valence-electron chi connectivity index (χ3n) is 9.49. The van der Waals surface area contributed by atoms with E-state index in [1.807, 2.05) is 0 Å². The lowest BCUT2D eigenvalue weighted by Gasteiger charge is -2.11. The molecule has 0 radical (unpaired) electrons. The predicted molar refractivity (Wildman–Crippen MR) is 203 cm³/mol. The summed E-state index contributed by atoms with van der Waals surface area (Å²) in [5.74, 6) is -2.26. The highest BCUT2D eigenvalue weighted by Crippen LogP contribution is 2.73. The number of carbonyl (C=O) groups excluding carboxylic acids is 4. The largest absolute Gasteiger partial charge is 0.426 e. The van der Waals surface area contributed by atoms with E-state index in [9.17, 15) is 36.0 Å². The number of amides is 2. The van der Waals surface area contributed by atoms with Gasteiger partial charge >= 0.3 is 11.9 Å². The summed E-state index contributed by atoms with van der Waals surface area (Å²) < 4.78 is 64.7. The molecule has 20 heteroatoms. The molecule has 2 aliphatic rings. The standard InChI is InChI=1S/C38H30N8O10S2/c1-21(47)39-25-7-15-29(16-8-25)57(51,52)45-19-31(41-43-45)23-3-11-27(12-4-23)55-37(49)35-33-34(35)36(33)38(50)56-28-13-5-24(6-14-28)32-20-46(44-42-32)58(53,54)30-17-9-26(10-18-30)40-22(2)48/h3-20,33-36H,1-2H3,(H,39,47)(H,40,48). The molecule has 6 aromatic rings. The van der Waals surface area contributed by atoms with Crippen LogP contribution >= 0.6 is 0 Å². The molecule has 8 rings (SSSR count). The van der Waals surface area contributed by atoms with Gasteiger partial charge in [-0.1, -0.05) is 10.4 Å². The molecule has 0 unspecified atom stereocenters. The number of hydrogen-bond acceptors (Lipinski definition) is 14. The van der Waals surface area contributed by atoms with E-state index in [-0.39, 0.29) is 56.3 Å². The van der Waals surface area contributed by atoms with Gasteiger partial charge in [-0.15, -0.1) is 18.4 Å². The fraction of sp³-hybridized carbons (Fsp3) is 0.158. The lowest BCUT2D eigenvalue weighted by Crippen LogP contribution is -2.24. The SMILES string of the molecule is CC(=O)Nc1ccc(S(=O)(=O)n2cc(-c3ccc(OC(=O)C4C5C(C(=O)Oc6ccc(-c7cn(S(=O)(=O)c8ccc(NC(C)=O)cc8)nn7)cc6)C45)cc3)nn2)cc1. The zero-order valence-electron chi connectivity index (χ0n) is 30.3. The molecule has 0 spiro atoms. The minimum Gasteiger partial charge on any atom is -0.426 e. The molecule has 4 aromatic carbocycles. The van der Waals surface area contributed by atoms with Gasteiger partial charge in [0.05, 0.1) is 34.0 Å². The van der Waals surface area contributed by atoms with E-state index in [0.717, 1.165) is 8.17 Å². The molecule has 2 N–H and O–H groups in total. The van der Waals surface area contributed by atoms with Gasteiger partial charge in [-0.3, -0.25) is 19.2 Å². The summed E-state index contributed by atoms with van der Waals surface area (Å²) in [7, 11) is -8.11. The first kappa shape index (κ1) is 37.8. The van der Waals surface area contributed by atoms with Crippen LogP contribution in [0.15, 0.2) is 119 Å². The van der Waals surface area contributed by atoms with Crippen LogP contribution in [0.2, 0.25) is 0 Å². The van der Waals surface area contributed by atoms with Crippen molar-refractivity contribution in [1.82, 2.24) is 28.8 Å². The number of aromatic nitrogens is 6. The van der Waals surface area contributed by atoms with Gasteiger partial charge in [0.15, 0.2) is 0 Å². The summed E-state index contributed by atoms with van der Waals surface area (Å²) in [5.41, 5.74) is 2.46. The summed E-state index contributed by atoms with van der Waals surface area (Å²) in [6.07, 6.45) is 2.51. The number of benzene rings is 4. The van der Waals surface area contributed by atoms with Crippen LogP contribution < -0.4 is 20.1 Å². The number of esters is 2. The Morgan fingerprint density at radius 3 is 1.21 bits per heavy atom. The van der Waals surface area contributed by atoms with Crippen molar-refractivity contribution in [3.63, 3.8) is 0 Å². The minimum atomic E-state index is -4.06. The molecule has 0 bridgehead atoms. The first-order chi connectivity index (χ1) is 27.7. The first-order valence-electron chi connectivity index (χ1n) is 17.4. The van der Waals surface area contributed by atoms with Crippen LogP contribution in [0.1, 0.15) is 13.8 Å². The molecule has 0 aliphatic heterocycles. The molecule has 2 amide bonds. The molecule has 2 fully saturated rings. The van der Waals surface area contributed by atoms with E-state index in [1.54, 1.807) is 48.5 Å². The normalized spacial score (nSPS) is 18.0. The van der Waals surface area contributed by atoms with Crippen molar-refractivity contribution < 1.29 is 45.5 Å². The van der Waals surface area contributed by atoms with Crippen molar-refractivity contribution in [3.8, 4) is 34.0 Å². The maximum absolute atomic E-state index is 13.0. The van der Waals surface area contributed by atoms with Crippen molar-refractivity contribution in [2.45, 2.75) is 23.6 Å². The molecule has 2 aliphatic carbocycles. The van der Waals surface area contributed by atoms with E-state index in [0.29, 0.717) is 22.5 Å². The zero-order valence-corrected chi connectivity index (χ0v) is 31.9. The maximum Gasteiger partial charge on any atom is 0.314 e. The van der Waals surface area contributed by atoms with E-state index in [4.69, 9.17) is 9.47 Å². The third kappa shape index (κ3) is 7.44. The number of rotatable bonds is 12. The van der Waals surface area contributed by atoms with Crippen LogP contribution in [0.25, 0.3) is 22.5 Å². The molecular weight excluding hydrogens is 793 g/mol. The van der Waals surface area contributed by atoms with Gasteiger partial charge in [-0.05, 0) is 109 Å². The molecule has 2 aromatic heterocycles. The Bertz CT molecular complexity index is 2620. The van der Waals surface area contributed by atoms with Gasteiger partial charge in [0, 0.05) is 36.3 Å². The Labute approximate surface area is 329 Å². The Kier molecular flexibility index (Phi) is 9.44. The smallest absolute Gasteiger partial charge is 0.314 e. The van der Waals surface area contributed by atoms with E-state index in [2.05, 4.69) is 31.3 Å². The van der Waals surface area contributed by atoms with Crippen LogP contribution in [-0.4, -0.2) is 69.4 Å². The molecule has 18 nitrogen and oxygen atoms in total. The Morgan fingerprint density at radius 2 is 0.879 bits per heavy atom. The number of anilines is 2. The molecule has 2 saturated carbocycles. The maximum atomic E-state index is 13.0. The van der Waals surface area contributed by atoms with Gasteiger partial charge < -0.3 is 20.1 Å². The van der Waals surface area contributed by atoms with Crippen LogP contribution in [0.5, 0.6) is 11.5 Å². The van der Waals surface area contributed by atoms with Gasteiger partial charge in [0.2, 0.25) is 11.8 Å². The highest BCUT2D eigenvalue weighted by atomic mass is 32.2. The zero-order chi connectivity index (χ0) is 40.9. The van der Waals surface area contributed by atoms with Gasteiger partial charge in [0.1, 0.15) is 22.9 Å². The Hall–Kier alpha value is -7.06. The fourth-order valence-electron chi connectivity index (χ4n) is 6.44. The number of hydrogen-bond donors (Lipinski definition) is 2. The van der Waals surface area contributed by atoms with Crippen LogP contribution in [0.4, 0.5) is 11.4 Å². The fourth-order valence-corrected chi connectivity index (χ4v) is 8.58. The van der Waals surface area contributed by atoms with Crippen molar-refractivity contribution >= 4 is 55.2 Å². The monoisotopic (exact) mass is 822 g/mol. The molecule has 0 saturated heterocycles. The van der Waals surface area contributed by atoms with Crippen LogP contribution in [0.3, 0.4) is 0 Å². The van der Waals surface area contributed by atoms with Crippen molar-refractivity contribution in [3.05, 3.63) is 109 Å². The molecular formula is C38H30N8O10S2. The summed E-state index contributed by atoms with van der Waals surface area (Å²) in [6, 6.07) is 23.8. The van der Waals surface area contributed by atoms with Crippen molar-refractivity contribution in [2.75, 3.05) is 10.6 Å². The minimum absolute atomic E-state index is 0.0498. The second-order valence-corrected chi connectivity index (χ2v) is 17.1. The Balaban J connectivity index is 0.814. The summed E-state index contributed by atoms with van der Waals surface area (Å²) in [5, 5.41) is 20.6. The number of nitrogens with one attached hydrogen (secondary N) is 2. The van der Waals surface area contributed by atoms with E-state index < -0.39 is 43.8 Å². The van der Waals surface area contributed by atoms with Crippen LogP contribution in [0, 0.1) is 23.7 Å². The van der Waals surface area contributed by atoms with Crippen LogP contribution in [-0.2, 0) is 39.2 Å². The average molecular weight is 823 g/mol. The van der Waals surface area contributed by atoms with Gasteiger partial charge in [-0.25, -0.2) is 0 Å². The quantitative estimate of drug-likeness (QED) is 0.133. The molecule has 2 heterocycles. The lowest BCUT2D eigenvalue weighted by atomic mass is 10.1. The topological polar surface area (TPSA) is 240 Å². The molecule has 294 valence electrons. The predicted octanol–water partition coefficient (Wildman–Crippen LogP) is 3.60. The molecule has 0 atom stereocenters. The van der Waals surface area contributed by atoms with Gasteiger partial charge in [-0.2, -0.15) is 16.8 Å². The number of carbonyl (C=O) groups is 4. The van der Waals surface area contributed by atoms with Crippen molar-refractivity contribution in [1.29, 1.82) is 0 Å². The van der Waals surface area contributed by atoms with Crippen molar-refractivity contribution in [2.24, 2.45) is 23.7 Å². The molecule has 58 heavy (non-hydrogen) atoms.